The van der Waals surface area contributed by atoms with Crippen molar-refractivity contribution in [2.75, 3.05) is 27.2 Å². The number of hydrogen-bond acceptors (Lipinski definition) is 2. The maximum Gasteiger partial charge on any atom is 0.223 e. The van der Waals surface area contributed by atoms with Gasteiger partial charge in [-0.2, -0.15) is 0 Å². The summed E-state index contributed by atoms with van der Waals surface area (Å²) in [6, 6.07) is 0. The smallest absolute Gasteiger partial charge is 0.223 e. The third-order valence-corrected chi connectivity index (χ3v) is 2.83. The average Bonchev–Trinajstić information content (AvgIpc) is 2.18. The Hall–Kier alpha value is -0.280. The van der Waals surface area contributed by atoms with E-state index in [1.807, 2.05) is 14.1 Å². The van der Waals surface area contributed by atoms with Crippen LogP contribution in [-0.4, -0.2) is 38.0 Å². The summed E-state index contributed by atoms with van der Waals surface area (Å²) >= 11 is 0. The first-order valence-corrected chi connectivity index (χ1v) is 5.62. The topological polar surface area (TPSA) is 32.3 Å². The molecule has 1 N–H and O–H groups in total. The molecule has 0 atom stereocenters. The lowest BCUT2D eigenvalue weighted by Crippen LogP contribution is -2.36. The lowest BCUT2D eigenvalue weighted by Gasteiger charge is -2.21. The van der Waals surface area contributed by atoms with E-state index in [1.165, 1.54) is 19.3 Å². The first-order chi connectivity index (χ1) is 6.70. The van der Waals surface area contributed by atoms with Crippen LogP contribution in [0, 0.1) is 5.92 Å². The van der Waals surface area contributed by atoms with Crippen LogP contribution in [0.5, 0.6) is 0 Å². The summed E-state index contributed by atoms with van der Waals surface area (Å²) in [6.07, 6.45) is 5.95. The van der Waals surface area contributed by atoms with Gasteiger partial charge in [-0.05, 0) is 26.9 Å². The van der Waals surface area contributed by atoms with Crippen LogP contribution in [0.1, 0.15) is 32.1 Å². The molecule has 0 saturated heterocycles. The second kappa shape index (κ2) is 7.94. The second-order valence-corrected chi connectivity index (χ2v) is 4.43. The maximum atomic E-state index is 11.6. The predicted octanol–water partition coefficient (Wildman–Crippen LogP) is 1.67. The van der Waals surface area contributed by atoms with Crippen molar-refractivity contribution in [1.29, 1.82) is 0 Å². The molecular weight excluding hydrogens is 212 g/mol. The van der Waals surface area contributed by atoms with E-state index in [-0.39, 0.29) is 18.3 Å². The van der Waals surface area contributed by atoms with E-state index < -0.39 is 0 Å². The molecule has 0 unspecified atom stereocenters. The number of halogens is 1. The molecule has 90 valence electrons. The molecule has 0 aliphatic heterocycles. The lowest BCUT2D eigenvalue weighted by atomic mass is 9.89. The van der Waals surface area contributed by atoms with Crippen molar-refractivity contribution in [3.63, 3.8) is 0 Å². The summed E-state index contributed by atoms with van der Waals surface area (Å²) < 4.78 is 0. The van der Waals surface area contributed by atoms with Gasteiger partial charge in [-0.3, -0.25) is 4.79 Å². The quantitative estimate of drug-likeness (QED) is 0.803. The van der Waals surface area contributed by atoms with Crippen LogP contribution in [0.15, 0.2) is 0 Å². The van der Waals surface area contributed by atoms with Crippen LogP contribution in [0.2, 0.25) is 0 Å². The third-order valence-electron chi connectivity index (χ3n) is 2.83. The summed E-state index contributed by atoms with van der Waals surface area (Å²) in [7, 11) is 4.04. The van der Waals surface area contributed by atoms with Crippen molar-refractivity contribution in [2.45, 2.75) is 32.1 Å². The Kier molecular flexibility index (Phi) is 7.79. The predicted molar refractivity (Wildman–Crippen MR) is 65.4 cm³/mol. The Labute approximate surface area is 99.0 Å². The van der Waals surface area contributed by atoms with Crippen molar-refractivity contribution >= 4 is 18.3 Å². The number of rotatable bonds is 4. The molecule has 0 heterocycles. The van der Waals surface area contributed by atoms with Crippen LogP contribution in [-0.2, 0) is 4.79 Å². The van der Waals surface area contributed by atoms with Gasteiger partial charge in [0.25, 0.3) is 0 Å². The number of amides is 1. The molecular formula is C11H23ClN2O. The van der Waals surface area contributed by atoms with E-state index in [0.717, 1.165) is 25.9 Å². The zero-order valence-electron chi connectivity index (χ0n) is 9.79. The summed E-state index contributed by atoms with van der Waals surface area (Å²) in [6.45, 7) is 1.71. The molecule has 1 amide bonds. The van der Waals surface area contributed by atoms with Gasteiger partial charge >= 0.3 is 0 Å². The summed E-state index contributed by atoms with van der Waals surface area (Å²) in [5.41, 5.74) is 0. The Morgan fingerprint density at radius 2 is 1.87 bits per heavy atom. The van der Waals surface area contributed by atoms with Gasteiger partial charge in [0.2, 0.25) is 5.91 Å². The first-order valence-electron chi connectivity index (χ1n) is 5.62. The highest BCUT2D eigenvalue weighted by atomic mass is 35.5. The molecule has 0 aromatic rings. The number of likely N-dealkylation sites (N-methyl/N-ethyl adjacent to an activating group) is 1. The van der Waals surface area contributed by atoms with E-state index in [4.69, 9.17) is 0 Å². The average molecular weight is 235 g/mol. The van der Waals surface area contributed by atoms with Gasteiger partial charge in [0.05, 0.1) is 0 Å². The zero-order valence-corrected chi connectivity index (χ0v) is 10.6. The standard InChI is InChI=1S/C11H22N2O.ClH/c1-13(2)9-8-12-11(14)10-6-4-3-5-7-10;/h10H,3-9H2,1-2H3,(H,12,14);1H. The minimum Gasteiger partial charge on any atom is -0.355 e. The normalized spacial score (nSPS) is 17.3. The lowest BCUT2D eigenvalue weighted by molar-refractivity contribution is -0.125. The van der Waals surface area contributed by atoms with Crippen LogP contribution in [0.3, 0.4) is 0 Å². The van der Waals surface area contributed by atoms with Crippen molar-refractivity contribution < 1.29 is 4.79 Å². The van der Waals surface area contributed by atoms with Crippen LogP contribution in [0.25, 0.3) is 0 Å². The molecule has 1 aliphatic rings. The number of nitrogens with one attached hydrogen (secondary N) is 1. The van der Waals surface area contributed by atoms with E-state index in [0.29, 0.717) is 5.92 Å². The number of nitrogens with zero attached hydrogens (tertiary/aromatic N) is 1. The first kappa shape index (κ1) is 14.7. The van der Waals surface area contributed by atoms with E-state index in [1.54, 1.807) is 0 Å². The van der Waals surface area contributed by atoms with Crippen molar-refractivity contribution in [3.05, 3.63) is 0 Å². The minimum atomic E-state index is 0. The summed E-state index contributed by atoms with van der Waals surface area (Å²) in [4.78, 5) is 13.7. The molecule has 0 radical (unpaired) electrons. The van der Waals surface area contributed by atoms with E-state index in [9.17, 15) is 4.79 Å². The Morgan fingerprint density at radius 1 is 1.27 bits per heavy atom. The fourth-order valence-corrected chi connectivity index (χ4v) is 1.91. The molecule has 1 saturated carbocycles. The van der Waals surface area contributed by atoms with Crippen molar-refractivity contribution in [3.8, 4) is 0 Å². The van der Waals surface area contributed by atoms with E-state index in [2.05, 4.69) is 10.2 Å². The zero-order chi connectivity index (χ0) is 10.4. The van der Waals surface area contributed by atoms with Gasteiger partial charge in [0.15, 0.2) is 0 Å². The van der Waals surface area contributed by atoms with Crippen LogP contribution in [0.4, 0.5) is 0 Å². The molecule has 1 fully saturated rings. The summed E-state index contributed by atoms with van der Waals surface area (Å²) in [5, 5.41) is 3.00. The van der Waals surface area contributed by atoms with Gasteiger partial charge in [0.1, 0.15) is 0 Å². The van der Waals surface area contributed by atoms with Gasteiger partial charge in [-0.25, -0.2) is 0 Å². The van der Waals surface area contributed by atoms with Crippen molar-refractivity contribution in [2.24, 2.45) is 5.92 Å². The van der Waals surface area contributed by atoms with Crippen molar-refractivity contribution in [1.82, 2.24) is 10.2 Å². The maximum absolute atomic E-state index is 11.6. The monoisotopic (exact) mass is 234 g/mol. The Balaban J connectivity index is 0.00000196. The number of carbonyl (C=O) groups is 1. The molecule has 0 bridgehead atoms. The van der Waals surface area contributed by atoms with E-state index >= 15 is 0 Å². The van der Waals surface area contributed by atoms with Gasteiger partial charge in [-0.1, -0.05) is 19.3 Å². The van der Waals surface area contributed by atoms with Crippen LogP contribution < -0.4 is 5.32 Å². The number of hydrogen-bond donors (Lipinski definition) is 1. The largest absolute Gasteiger partial charge is 0.355 e. The fourth-order valence-electron chi connectivity index (χ4n) is 1.91. The molecule has 15 heavy (non-hydrogen) atoms. The molecule has 1 rings (SSSR count). The van der Waals surface area contributed by atoms with Crippen LogP contribution >= 0.6 is 12.4 Å². The minimum absolute atomic E-state index is 0. The Bertz CT molecular complexity index is 179. The fraction of sp³-hybridized carbons (Fsp3) is 0.909. The van der Waals surface area contributed by atoms with Gasteiger partial charge in [-0.15, -0.1) is 12.4 Å². The molecule has 0 aromatic heterocycles. The highest BCUT2D eigenvalue weighted by Crippen LogP contribution is 2.23. The van der Waals surface area contributed by atoms with Gasteiger partial charge in [0, 0.05) is 19.0 Å². The molecule has 1 aliphatic carbocycles. The molecule has 0 aromatic carbocycles. The summed E-state index contributed by atoms with van der Waals surface area (Å²) in [5.74, 6) is 0.567. The second-order valence-electron chi connectivity index (χ2n) is 4.43. The number of carbonyl (C=O) groups excluding carboxylic acids is 1. The third kappa shape index (κ3) is 6.00. The molecule has 3 nitrogen and oxygen atoms in total. The van der Waals surface area contributed by atoms with Gasteiger partial charge < -0.3 is 10.2 Å². The SMILES string of the molecule is CN(C)CCNC(=O)C1CCCCC1.Cl. The molecule has 4 heteroatoms. The highest BCUT2D eigenvalue weighted by molar-refractivity contribution is 5.85. The molecule has 0 spiro atoms. The Morgan fingerprint density at radius 3 is 2.40 bits per heavy atom. The highest BCUT2D eigenvalue weighted by Gasteiger charge is 2.20.